The number of rotatable bonds is 12. The highest BCUT2D eigenvalue weighted by molar-refractivity contribution is 6.33. The van der Waals surface area contributed by atoms with Crippen LogP contribution in [0, 0.1) is 11.7 Å². The lowest BCUT2D eigenvalue weighted by Gasteiger charge is -2.22. The Bertz CT molecular complexity index is 1140. The average Bonchev–Trinajstić information content (AvgIpc) is 2.84. The molecule has 35 heavy (non-hydrogen) atoms. The van der Waals surface area contributed by atoms with E-state index in [0.717, 1.165) is 17.7 Å². The number of nitrogens with two attached hydrogens (primary N) is 1. The first-order chi connectivity index (χ1) is 16.8. The number of carbonyl (C=O) groups is 1. The van der Waals surface area contributed by atoms with Crippen LogP contribution in [0.3, 0.4) is 0 Å². The Balaban J connectivity index is 2.10. The average molecular weight is 499 g/mol. The standard InChI is InChI=1S/C28H32ClFN2O3/c1-18(2)16-32-17-23(19-7-5-4-6-8-19)20-9-11-24(29)22(15-20)26-21(28(31)33)10-12-25(27(26)30)35-14-13-34-3/h4-12,15,18,23,32H,13-14,16-17H2,1-3H3,(H2,31,33). The highest BCUT2D eigenvalue weighted by Gasteiger charge is 2.23. The molecule has 3 aromatic rings. The summed E-state index contributed by atoms with van der Waals surface area (Å²) in [4.78, 5) is 12.2. The first kappa shape index (κ1) is 26.7. The van der Waals surface area contributed by atoms with E-state index in [2.05, 4.69) is 31.3 Å². The third-order valence-corrected chi connectivity index (χ3v) is 6.01. The lowest BCUT2D eigenvalue weighted by Crippen LogP contribution is -2.26. The molecular formula is C28H32ClFN2O3. The van der Waals surface area contributed by atoms with Crippen LogP contribution in [0.2, 0.25) is 5.02 Å². The molecule has 0 saturated heterocycles. The van der Waals surface area contributed by atoms with Gasteiger partial charge in [-0.2, -0.15) is 0 Å². The lowest BCUT2D eigenvalue weighted by atomic mass is 9.88. The van der Waals surface area contributed by atoms with Gasteiger partial charge in [-0.15, -0.1) is 0 Å². The minimum atomic E-state index is -0.748. The molecule has 0 aliphatic heterocycles. The summed E-state index contributed by atoms with van der Waals surface area (Å²) in [6.07, 6.45) is 0. The van der Waals surface area contributed by atoms with Crippen LogP contribution in [0.5, 0.6) is 5.75 Å². The molecule has 0 aliphatic carbocycles. The van der Waals surface area contributed by atoms with Crippen molar-refractivity contribution >= 4 is 17.5 Å². The number of hydrogen-bond donors (Lipinski definition) is 2. The van der Waals surface area contributed by atoms with Gasteiger partial charge >= 0.3 is 0 Å². The molecule has 1 unspecified atom stereocenters. The third-order valence-electron chi connectivity index (χ3n) is 5.68. The van der Waals surface area contributed by atoms with Crippen LogP contribution in [-0.4, -0.2) is 39.3 Å². The molecular weight excluding hydrogens is 467 g/mol. The van der Waals surface area contributed by atoms with Crippen molar-refractivity contribution in [2.45, 2.75) is 19.8 Å². The van der Waals surface area contributed by atoms with Crippen LogP contribution in [0.15, 0.2) is 60.7 Å². The van der Waals surface area contributed by atoms with E-state index >= 15 is 4.39 Å². The molecule has 3 rings (SSSR count). The van der Waals surface area contributed by atoms with Crippen LogP contribution in [0.1, 0.15) is 41.3 Å². The van der Waals surface area contributed by atoms with Crippen molar-refractivity contribution in [3.8, 4) is 16.9 Å². The summed E-state index contributed by atoms with van der Waals surface area (Å²) in [5.41, 5.74) is 8.11. The molecule has 186 valence electrons. The zero-order valence-corrected chi connectivity index (χ0v) is 21.1. The molecule has 0 aliphatic rings. The normalized spacial score (nSPS) is 12.1. The number of amides is 1. The van der Waals surface area contributed by atoms with E-state index in [4.69, 9.17) is 26.8 Å². The number of methoxy groups -OCH3 is 1. The quantitative estimate of drug-likeness (QED) is 0.316. The number of primary amides is 1. The van der Waals surface area contributed by atoms with E-state index in [9.17, 15) is 4.79 Å². The van der Waals surface area contributed by atoms with Crippen LogP contribution in [0.25, 0.3) is 11.1 Å². The molecule has 0 fully saturated rings. The van der Waals surface area contributed by atoms with Gasteiger partial charge in [0.2, 0.25) is 5.91 Å². The summed E-state index contributed by atoms with van der Waals surface area (Å²) in [5, 5.41) is 3.83. The number of nitrogens with one attached hydrogen (secondary N) is 1. The Labute approximate surface area is 211 Å². The van der Waals surface area contributed by atoms with Gasteiger partial charge in [0.1, 0.15) is 6.61 Å². The van der Waals surface area contributed by atoms with E-state index in [1.165, 1.54) is 19.2 Å². The van der Waals surface area contributed by atoms with Crippen LogP contribution < -0.4 is 15.8 Å². The fourth-order valence-corrected chi connectivity index (χ4v) is 4.17. The van der Waals surface area contributed by atoms with Crippen molar-refractivity contribution in [3.63, 3.8) is 0 Å². The molecule has 3 N–H and O–H groups in total. The Kier molecular flexibility index (Phi) is 9.66. The molecule has 0 spiro atoms. The van der Waals surface area contributed by atoms with Crippen LogP contribution in [-0.2, 0) is 4.74 Å². The van der Waals surface area contributed by atoms with Gasteiger partial charge < -0.3 is 20.5 Å². The van der Waals surface area contributed by atoms with Crippen molar-refractivity contribution < 1.29 is 18.7 Å². The Hall–Kier alpha value is -2.93. The molecule has 3 aromatic carbocycles. The zero-order valence-electron chi connectivity index (χ0n) is 20.3. The zero-order chi connectivity index (χ0) is 25.4. The Morgan fingerprint density at radius 2 is 1.77 bits per heavy atom. The molecule has 0 radical (unpaired) electrons. The molecule has 0 saturated carbocycles. The van der Waals surface area contributed by atoms with Crippen molar-refractivity contribution in [2.24, 2.45) is 11.7 Å². The fraction of sp³-hybridized carbons (Fsp3) is 0.321. The summed E-state index contributed by atoms with van der Waals surface area (Å²) in [7, 11) is 1.53. The SMILES string of the molecule is COCCOc1ccc(C(N)=O)c(-c2cc(C(CNCC(C)C)c3ccccc3)ccc2Cl)c1F. The fourth-order valence-electron chi connectivity index (χ4n) is 3.95. The predicted octanol–water partition coefficient (Wildman–Crippen LogP) is 5.65. The number of benzene rings is 3. The third kappa shape index (κ3) is 6.82. The Morgan fingerprint density at radius 1 is 1.03 bits per heavy atom. The molecule has 7 heteroatoms. The van der Waals surface area contributed by atoms with E-state index in [1.54, 1.807) is 6.07 Å². The summed E-state index contributed by atoms with van der Waals surface area (Å²) >= 11 is 6.56. The second-order valence-electron chi connectivity index (χ2n) is 8.76. The van der Waals surface area contributed by atoms with Gasteiger partial charge in [0, 0.05) is 35.7 Å². The number of ether oxygens (including phenoxy) is 2. The number of carbonyl (C=O) groups excluding carboxylic acids is 1. The summed E-state index contributed by atoms with van der Waals surface area (Å²) in [6, 6.07) is 18.4. The van der Waals surface area contributed by atoms with E-state index in [0.29, 0.717) is 29.7 Å². The summed E-state index contributed by atoms with van der Waals surface area (Å²) in [6.45, 7) is 6.32. The minimum absolute atomic E-state index is 0.00160. The first-order valence-corrected chi connectivity index (χ1v) is 12.0. The Morgan fingerprint density at radius 3 is 2.43 bits per heavy atom. The first-order valence-electron chi connectivity index (χ1n) is 11.6. The second-order valence-corrected chi connectivity index (χ2v) is 9.17. The van der Waals surface area contributed by atoms with E-state index in [-0.39, 0.29) is 29.4 Å². The summed E-state index contributed by atoms with van der Waals surface area (Å²) < 4.78 is 26.2. The van der Waals surface area contributed by atoms with Crippen molar-refractivity contribution in [1.82, 2.24) is 5.32 Å². The molecule has 0 heterocycles. The molecule has 1 atom stereocenters. The largest absolute Gasteiger partial charge is 0.488 e. The van der Waals surface area contributed by atoms with Gasteiger partial charge in [0.15, 0.2) is 11.6 Å². The summed E-state index contributed by atoms with van der Waals surface area (Å²) in [5.74, 6) is -0.943. The van der Waals surface area contributed by atoms with Gasteiger partial charge in [-0.3, -0.25) is 4.79 Å². The highest BCUT2D eigenvalue weighted by Crippen LogP contribution is 2.39. The monoisotopic (exact) mass is 498 g/mol. The van der Waals surface area contributed by atoms with Crippen molar-refractivity contribution in [3.05, 3.63) is 88.2 Å². The molecule has 0 bridgehead atoms. The van der Waals surface area contributed by atoms with E-state index < -0.39 is 11.7 Å². The smallest absolute Gasteiger partial charge is 0.249 e. The van der Waals surface area contributed by atoms with Gasteiger partial charge in [-0.1, -0.05) is 61.8 Å². The van der Waals surface area contributed by atoms with Crippen molar-refractivity contribution in [1.29, 1.82) is 0 Å². The number of halogens is 2. The van der Waals surface area contributed by atoms with Gasteiger partial charge in [-0.05, 0) is 47.9 Å². The van der Waals surface area contributed by atoms with Crippen LogP contribution >= 0.6 is 11.6 Å². The molecule has 5 nitrogen and oxygen atoms in total. The minimum Gasteiger partial charge on any atom is -0.488 e. The predicted molar refractivity (Wildman–Crippen MR) is 139 cm³/mol. The second kappa shape index (κ2) is 12.7. The van der Waals surface area contributed by atoms with Gasteiger partial charge in [-0.25, -0.2) is 4.39 Å². The maximum Gasteiger partial charge on any atom is 0.249 e. The topological polar surface area (TPSA) is 73.6 Å². The maximum absolute atomic E-state index is 15.7. The van der Waals surface area contributed by atoms with Gasteiger partial charge in [0.25, 0.3) is 0 Å². The number of hydrogen-bond acceptors (Lipinski definition) is 4. The molecule has 1 amide bonds. The lowest BCUT2D eigenvalue weighted by molar-refractivity contribution is 0.1000. The van der Waals surface area contributed by atoms with Crippen molar-refractivity contribution in [2.75, 3.05) is 33.4 Å². The van der Waals surface area contributed by atoms with E-state index in [1.807, 2.05) is 30.3 Å². The van der Waals surface area contributed by atoms with Crippen LogP contribution in [0.4, 0.5) is 4.39 Å². The van der Waals surface area contributed by atoms with Gasteiger partial charge in [0.05, 0.1) is 12.2 Å². The maximum atomic E-state index is 15.7. The molecule has 0 aromatic heterocycles. The highest BCUT2D eigenvalue weighted by atomic mass is 35.5.